The first kappa shape index (κ1) is 37.0. The molecule has 0 bridgehead atoms. The minimum Gasteiger partial charge on any atom is -0.494 e. The van der Waals surface area contributed by atoms with E-state index in [1.54, 1.807) is 12.1 Å². The predicted octanol–water partition coefficient (Wildman–Crippen LogP) is 4.46. The first-order chi connectivity index (χ1) is 22.9. The number of hydrogen-bond donors (Lipinski definition) is 2. The number of fused-ring (bicyclic) bond motifs is 3. The minimum absolute atomic E-state index is 0. The number of pyridine rings is 1. The van der Waals surface area contributed by atoms with Gasteiger partial charge in [-0.1, -0.05) is 32.4 Å². The Morgan fingerprint density at radius 2 is 1.96 bits per heavy atom. The summed E-state index contributed by atoms with van der Waals surface area (Å²) in [7, 11) is -2.45. The van der Waals surface area contributed by atoms with Crippen molar-refractivity contribution in [3.05, 3.63) is 42.4 Å². The molecule has 2 saturated carbocycles. The van der Waals surface area contributed by atoms with Gasteiger partial charge in [-0.25, -0.2) is 17.8 Å². The van der Waals surface area contributed by atoms with Gasteiger partial charge in [-0.05, 0) is 79.9 Å². The molecule has 2 amide bonds. The molecule has 0 radical (unpaired) electrons. The van der Waals surface area contributed by atoms with E-state index in [2.05, 4.69) is 16.6 Å². The van der Waals surface area contributed by atoms with Crippen LogP contribution in [0.15, 0.2) is 36.5 Å². The average molecular weight is 721 g/mol. The maximum atomic E-state index is 14.7. The summed E-state index contributed by atoms with van der Waals surface area (Å²) in [5, 5.41) is 0.466. The highest BCUT2D eigenvalue weighted by Gasteiger charge is 2.61. The van der Waals surface area contributed by atoms with Gasteiger partial charge in [0.15, 0.2) is 17.3 Å². The second-order valence-corrected chi connectivity index (χ2v) is 16.1. The molecule has 7 atom stereocenters. The van der Waals surface area contributed by atoms with Gasteiger partial charge in [-0.15, -0.1) is 12.4 Å². The van der Waals surface area contributed by atoms with E-state index in [1.165, 1.54) is 24.3 Å². The number of ketones is 1. The van der Waals surface area contributed by atoms with Crippen LogP contribution >= 0.6 is 12.4 Å². The third-order valence-corrected chi connectivity index (χ3v) is 12.5. The molecular weight excluding hydrogens is 675 g/mol. The van der Waals surface area contributed by atoms with Gasteiger partial charge >= 0.3 is 0 Å². The molecule has 1 aromatic carbocycles. The van der Waals surface area contributed by atoms with E-state index in [-0.39, 0.29) is 72.9 Å². The molecule has 2 aliphatic carbocycles. The van der Waals surface area contributed by atoms with Gasteiger partial charge in [0.25, 0.3) is 0 Å². The molecule has 6 rings (SSSR count). The summed E-state index contributed by atoms with van der Waals surface area (Å²) in [5.74, 6) is -1.86. The average Bonchev–Trinajstić information content (AvgIpc) is 3.98. The molecule has 2 aliphatic heterocycles. The number of nitrogens with one attached hydrogen (secondary N) is 1. The summed E-state index contributed by atoms with van der Waals surface area (Å²) in [6, 6.07) is 2.73. The minimum atomic E-state index is -3.83. The van der Waals surface area contributed by atoms with Crippen molar-refractivity contribution in [2.24, 2.45) is 28.9 Å². The Hall–Kier alpha value is -3.29. The van der Waals surface area contributed by atoms with Crippen molar-refractivity contribution in [2.75, 3.05) is 13.7 Å². The molecule has 1 aromatic heterocycles. The molecule has 3 N–H and O–H groups in total. The number of nitrogens with zero attached hydrogens (tertiary/aromatic N) is 2. The maximum Gasteiger partial charge on any atom is 0.240 e. The summed E-state index contributed by atoms with van der Waals surface area (Å²) >= 11 is 0. The van der Waals surface area contributed by atoms with Crippen LogP contribution in [0.5, 0.6) is 11.6 Å². The Morgan fingerprint density at radius 3 is 2.65 bits per heavy atom. The van der Waals surface area contributed by atoms with Gasteiger partial charge < -0.3 is 20.1 Å². The van der Waals surface area contributed by atoms with Crippen LogP contribution in [0.2, 0.25) is 0 Å². The topological polar surface area (TPSA) is 158 Å². The number of ether oxygens (including phenoxy) is 2. The van der Waals surface area contributed by atoms with Crippen molar-refractivity contribution >= 4 is 50.8 Å². The Kier molecular flexibility index (Phi) is 11.0. The van der Waals surface area contributed by atoms with Crippen molar-refractivity contribution in [2.45, 2.75) is 95.1 Å². The Labute approximate surface area is 293 Å². The second-order valence-electron chi connectivity index (χ2n) is 14.1. The van der Waals surface area contributed by atoms with Gasteiger partial charge in [0, 0.05) is 24.4 Å². The molecule has 1 saturated heterocycles. The van der Waals surface area contributed by atoms with E-state index in [0.717, 1.165) is 19.3 Å². The van der Waals surface area contributed by atoms with E-state index < -0.39 is 50.6 Å². The smallest absolute Gasteiger partial charge is 0.240 e. The van der Waals surface area contributed by atoms with Crippen LogP contribution in [-0.2, 0) is 24.4 Å². The van der Waals surface area contributed by atoms with Crippen LogP contribution in [0.3, 0.4) is 0 Å². The van der Waals surface area contributed by atoms with Gasteiger partial charge in [-0.2, -0.15) is 0 Å². The Balaban J connectivity index is 0.00000468. The number of carbonyl (C=O) groups excluding carboxylic acids is 3. The number of sulfonamides is 1. The molecule has 0 unspecified atom stereocenters. The molecule has 0 spiro atoms. The summed E-state index contributed by atoms with van der Waals surface area (Å²) in [4.78, 5) is 47.8. The number of carbonyl (C=O) groups is 3. The highest BCUT2D eigenvalue weighted by molar-refractivity contribution is 7.90. The van der Waals surface area contributed by atoms with Gasteiger partial charge in [-0.3, -0.25) is 19.1 Å². The number of Topliss-reactive ketones (excluding diaryl/α,β-unsaturated/α-hetero) is 1. The normalized spacial score (nSPS) is 31.4. The lowest BCUT2D eigenvalue weighted by Crippen LogP contribution is -2.52. The fourth-order valence-electron chi connectivity index (χ4n) is 7.47. The third-order valence-electron chi connectivity index (χ3n) is 10.7. The van der Waals surface area contributed by atoms with Crippen molar-refractivity contribution in [3.8, 4) is 11.6 Å². The number of allylic oxidation sites excluding steroid dienone is 2. The number of benzene rings is 1. The van der Waals surface area contributed by atoms with Crippen LogP contribution in [0, 0.1) is 29.0 Å². The molecule has 268 valence electrons. The number of methoxy groups -OCH3 is 1. The number of nitrogens with two attached hydrogens (primary N) is 1. The summed E-state index contributed by atoms with van der Waals surface area (Å²) < 4.78 is 53.9. The summed E-state index contributed by atoms with van der Waals surface area (Å²) in [6.45, 7) is 4.18. The van der Waals surface area contributed by atoms with Crippen molar-refractivity contribution in [1.29, 1.82) is 0 Å². The fourth-order valence-corrected chi connectivity index (χ4v) is 8.86. The van der Waals surface area contributed by atoms with Gasteiger partial charge in [0.05, 0.1) is 36.4 Å². The summed E-state index contributed by atoms with van der Waals surface area (Å²) in [6.07, 6.45) is 9.09. The lowest BCUT2D eigenvalue weighted by atomic mass is 9.85. The van der Waals surface area contributed by atoms with Gasteiger partial charge in [0.1, 0.15) is 6.10 Å². The van der Waals surface area contributed by atoms with Crippen molar-refractivity contribution in [3.63, 3.8) is 0 Å². The number of amides is 2. The first-order valence-corrected chi connectivity index (χ1v) is 18.5. The monoisotopic (exact) mass is 720 g/mol. The standard InChI is InChI=1S/C35H45FN4O7S.ClH/c1-4-21-13-20(2)7-5-6-8-23-17-35(23,34(43)39-48(44,45)25-9-10-25)18-29(41)28-15-24(19-40(28)33(42)31(21)37)47-32-26-16-27(36)30(46-3)14-22(26)11-12-38-32;/h6,8,11-12,14,16,20-21,23-25,28,31H,4-5,7,9-10,13,15,17-19,37H2,1-3H3,(H,39,43);1H/b8-6-;/t20-,21-,23-,24-,28+,31+,35-;/m1./s1. The van der Waals surface area contributed by atoms with Gasteiger partial charge in [0.2, 0.25) is 27.7 Å². The van der Waals surface area contributed by atoms with Crippen molar-refractivity contribution in [1.82, 2.24) is 14.6 Å². The molecule has 11 nitrogen and oxygen atoms in total. The third kappa shape index (κ3) is 7.58. The molecule has 2 aromatic rings. The number of hydrogen-bond acceptors (Lipinski definition) is 9. The second kappa shape index (κ2) is 14.5. The molecule has 49 heavy (non-hydrogen) atoms. The van der Waals surface area contributed by atoms with Crippen LogP contribution in [-0.4, -0.2) is 73.0 Å². The quantitative estimate of drug-likeness (QED) is 0.394. The molecule has 3 heterocycles. The fraction of sp³-hybridized carbons (Fsp3) is 0.600. The first-order valence-electron chi connectivity index (χ1n) is 17.0. The molecular formula is C35H46ClFN4O7S. The van der Waals surface area contributed by atoms with Crippen LogP contribution in [0.25, 0.3) is 10.8 Å². The zero-order chi connectivity index (χ0) is 34.4. The number of rotatable bonds is 7. The number of aromatic nitrogens is 1. The molecule has 14 heteroatoms. The summed E-state index contributed by atoms with van der Waals surface area (Å²) in [5.41, 5.74) is 5.43. The van der Waals surface area contributed by atoms with E-state index in [4.69, 9.17) is 15.2 Å². The lowest BCUT2D eigenvalue weighted by molar-refractivity contribution is -0.141. The molecule has 4 aliphatic rings. The zero-order valence-corrected chi connectivity index (χ0v) is 29.7. The molecule has 3 fully saturated rings. The lowest BCUT2D eigenvalue weighted by Gasteiger charge is -2.31. The Bertz CT molecular complexity index is 1740. The van der Waals surface area contributed by atoms with E-state index in [9.17, 15) is 27.2 Å². The van der Waals surface area contributed by atoms with Crippen LogP contribution in [0.4, 0.5) is 4.39 Å². The SMILES string of the molecule is CC[C@@H]1C[C@H](C)CC/C=C\[C@@H]2C[C@@]2(C(=O)NS(=O)(=O)C2CC2)CC(=O)[C@@H]2C[C@@H](Oc3nccc4cc(OC)c(F)cc34)CN2C(=O)[C@H]1N.Cl. The van der Waals surface area contributed by atoms with E-state index in [0.29, 0.717) is 36.5 Å². The maximum absolute atomic E-state index is 14.7. The largest absolute Gasteiger partial charge is 0.494 e. The predicted molar refractivity (Wildman–Crippen MR) is 184 cm³/mol. The highest BCUT2D eigenvalue weighted by atomic mass is 35.5. The van der Waals surface area contributed by atoms with Crippen molar-refractivity contribution < 1.29 is 36.7 Å². The van der Waals surface area contributed by atoms with Crippen LogP contribution in [0.1, 0.15) is 71.6 Å². The Morgan fingerprint density at radius 1 is 1.20 bits per heavy atom. The van der Waals surface area contributed by atoms with E-state index in [1.807, 2.05) is 19.1 Å². The van der Waals surface area contributed by atoms with Crippen LogP contribution < -0.4 is 19.9 Å². The number of halogens is 2. The van der Waals surface area contributed by atoms with E-state index >= 15 is 0 Å². The zero-order valence-electron chi connectivity index (χ0n) is 28.1. The highest BCUT2D eigenvalue weighted by Crippen LogP contribution is 2.57.